The quantitative estimate of drug-likeness (QED) is 0.663. The summed E-state index contributed by atoms with van der Waals surface area (Å²) in [5, 5.41) is 0. The van der Waals surface area contributed by atoms with Crippen molar-refractivity contribution < 1.29 is 9.53 Å². The van der Waals surface area contributed by atoms with E-state index >= 15 is 0 Å². The van der Waals surface area contributed by atoms with Crippen molar-refractivity contribution in [2.45, 2.75) is 19.4 Å². The molecule has 1 aromatic heterocycles. The molecule has 0 aliphatic heterocycles. The first-order chi connectivity index (χ1) is 6.24. The van der Waals surface area contributed by atoms with Gasteiger partial charge in [0, 0.05) is 6.20 Å². The number of hydrogen-bond donors (Lipinski definition) is 0. The average molecular weight is 178 g/mol. The van der Waals surface area contributed by atoms with Crippen LogP contribution in [-0.4, -0.2) is 17.1 Å². The predicted octanol–water partition coefficient (Wildman–Crippen LogP) is 1.85. The summed E-state index contributed by atoms with van der Waals surface area (Å²) < 4.78 is 5.02. The SMILES string of the molecule is [CH2]CC(C)OC(=O)c1ccccn1. The fourth-order valence-electron chi connectivity index (χ4n) is 0.786. The van der Waals surface area contributed by atoms with Crippen LogP contribution in [0.25, 0.3) is 0 Å². The van der Waals surface area contributed by atoms with Crippen LogP contribution in [0.1, 0.15) is 23.8 Å². The van der Waals surface area contributed by atoms with E-state index in [1.165, 1.54) is 0 Å². The zero-order valence-corrected chi connectivity index (χ0v) is 7.56. The van der Waals surface area contributed by atoms with Crippen molar-refractivity contribution in [3.8, 4) is 0 Å². The van der Waals surface area contributed by atoms with E-state index in [1.54, 1.807) is 31.3 Å². The van der Waals surface area contributed by atoms with Crippen LogP contribution in [0.2, 0.25) is 0 Å². The highest BCUT2D eigenvalue weighted by molar-refractivity contribution is 5.87. The van der Waals surface area contributed by atoms with Gasteiger partial charge in [-0.05, 0) is 32.4 Å². The van der Waals surface area contributed by atoms with Gasteiger partial charge in [0.1, 0.15) is 5.69 Å². The monoisotopic (exact) mass is 178 g/mol. The summed E-state index contributed by atoms with van der Waals surface area (Å²) in [7, 11) is 0. The van der Waals surface area contributed by atoms with Crippen molar-refractivity contribution >= 4 is 5.97 Å². The molecule has 0 aromatic carbocycles. The van der Waals surface area contributed by atoms with Gasteiger partial charge in [0.05, 0.1) is 6.10 Å². The Bertz CT molecular complexity index is 272. The van der Waals surface area contributed by atoms with E-state index in [2.05, 4.69) is 11.9 Å². The summed E-state index contributed by atoms with van der Waals surface area (Å²) in [5.74, 6) is -0.392. The molecule has 13 heavy (non-hydrogen) atoms. The predicted molar refractivity (Wildman–Crippen MR) is 49.1 cm³/mol. The van der Waals surface area contributed by atoms with Crippen LogP contribution >= 0.6 is 0 Å². The van der Waals surface area contributed by atoms with E-state index in [0.29, 0.717) is 12.1 Å². The smallest absolute Gasteiger partial charge is 0.357 e. The molecule has 0 aliphatic carbocycles. The van der Waals surface area contributed by atoms with Crippen molar-refractivity contribution in [1.82, 2.24) is 4.98 Å². The molecule has 0 fully saturated rings. The van der Waals surface area contributed by atoms with Gasteiger partial charge >= 0.3 is 5.97 Å². The molecule has 0 aliphatic rings. The first-order valence-corrected chi connectivity index (χ1v) is 4.15. The molecular formula is C10H12NO2. The third-order valence-electron chi connectivity index (χ3n) is 1.59. The van der Waals surface area contributed by atoms with Gasteiger partial charge < -0.3 is 4.74 Å². The number of esters is 1. The third kappa shape index (κ3) is 2.86. The average Bonchev–Trinajstić information content (AvgIpc) is 2.19. The second-order valence-electron chi connectivity index (χ2n) is 2.72. The third-order valence-corrected chi connectivity index (χ3v) is 1.59. The number of aromatic nitrogens is 1. The molecule has 3 nitrogen and oxygen atoms in total. The van der Waals surface area contributed by atoms with E-state index in [9.17, 15) is 4.79 Å². The summed E-state index contributed by atoms with van der Waals surface area (Å²) in [6.45, 7) is 5.43. The number of pyridine rings is 1. The molecule has 1 aromatic rings. The minimum atomic E-state index is -0.392. The van der Waals surface area contributed by atoms with Gasteiger partial charge in [0.2, 0.25) is 0 Å². The molecule has 1 rings (SSSR count). The van der Waals surface area contributed by atoms with Crippen molar-refractivity contribution in [2.75, 3.05) is 0 Å². The molecule has 1 unspecified atom stereocenters. The van der Waals surface area contributed by atoms with Crippen molar-refractivity contribution in [3.63, 3.8) is 0 Å². The second-order valence-corrected chi connectivity index (χ2v) is 2.72. The lowest BCUT2D eigenvalue weighted by molar-refractivity contribution is 0.0339. The highest BCUT2D eigenvalue weighted by Crippen LogP contribution is 2.02. The normalized spacial score (nSPS) is 12.2. The first kappa shape index (κ1) is 9.71. The summed E-state index contributed by atoms with van der Waals surface area (Å²) in [5.41, 5.74) is 0.336. The van der Waals surface area contributed by atoms with Crippen molar-refractivity contribution in [2.24, 2.45) is 0 Å². The molecule has 1 atom stereocenters. The minimum Gasteiger partial charge on any atom is -0.458 e. The number of carbonyl (C=O) groups is 1. The van der Waals surface area contributed by atoms with E-state index in [1.807, 2.05) is 0 Å². The Morgan fingerprint density at radius 3 is 3.00 bits per heavy atom. The number of nitrogens with zero attached hydrogens (tertiary/aromatic N) is 1. The Balaban J connectivity index is 2.59. The molecule has 69 valence electrons. The first-order valence-electron chi connectivity index (χ1n) is 4.15. The Kier molecular flexibility index (Phi) is 3.43. The molecule has 1 heterocycles. The Hall–Kier alpha value is -1.38. The van der Waals surface area contributed by atoms with Crippen LogP contribution in [0.15, 0.2) is 24.4 Å². The van der Waals surface area contributed by atoms with Crippen LogP contribution in [0.3, 0.4) is 0 Å². The summed E-state index contributed by atoms with van der Waals surface area (Å²) in [6, 6.07) is 5.12. The molecule has 0 amide bonds. The van der Waals surface area contributed by atoms with E-state index < -0.39 is 5.97 Å². The lowest BCUT2D eigenvalue weighted by Crippen LogP contribution is -2.14. The number of hydrogen-bond acceptors (Lipinski definition) is 3. The van der Waals surface area contributed by atoms with Gasteiger partial charge in [-0.25, -0.2) is 9.78 Å². The minimum absolute atomic E-state index is 0.158. The van der Waals surface area contributed by atoms with Gasteiger partial charge in [-0.2, -0.15) is 0 Å². The fourth-order valence-corrected chi connectivity index (χ4v) is 0.786. The lowest BCUT2D eigenvalue weighted by Gasteiger charge is -2.09. The largest absolute Gasteiger partial charge is 0.458 e. The van der Waals surface area contributed by atoms with Crippen LogP contribution in [0.5, 0.6) is 0 Å². The van der Waals surface area contributed by atoms with Gasteiger partial charge in [-0.3, -0.25) is 0 Å². The van der Waals surface area contributed by atoms with Gasteiger partial charge in [0.25, 0.3) is 0 Å². The van der Waals surface area contributed by atoms with E-state index in [0.717, 1.165) is 0 Å². The zero-order chi connectivity index (χ0) is 9.68. The second kappa shape index (κ2) is 4.60. The van der Waals surface area contributed by atoms with Crippen molar-refractivity contribution in [3.05, 3.63) is 37.0 Å². The molecule has 0 saturated carbocycles. The van der Waals surface area contributed by atoms with Crippen LogP contribution in [0.4, 0.5) is 0 Å². The number of ether oxygens (including phenoxy) is 1. The van der Waals surface area contributed by atoms with Gasteiger partial charge in [0.15, 0.2) is 0 Å². The maximum Gasteiger partial charge on any atom is 0.357 e. The molecule has 1 radical (unpaired) electrons. The van der Waals surface area contributed by atoms with E-state index in [-0.39, 0.29) is 6.10 Å². The van der Waals surface area contributed by atoms with Crippen LogP contribution in [0, 0.1) is 6.92 Å². The van der Waals surface area contributed by atoms with Gasteiger partial charge in [-0.15, -0.1) is 0 Å². The topological polar surface area (TPSA) is 39.2 Å². The molecular weight excluding hydrogens is 166 g/mol. The number of rotatable bonds is 3. The van der Waals surface area contributed by atoms with Gasteiger partial charge in [-0.1, -0.05) is 6.07 Å². The maximum atomic E-state index is 11.3. The molecule has 0 bridgehead atoms. The maximum absolute atomic E-state index is 11.3. The standard InChI is InChI=1S/C10H12NO2/c1-3-8(2)13-10(12)9-6-4-5-7-11-9/h4-8H,1,3H2,2H3. The summed E-state index contributed by atoms with van der Waals surface area (Å²) in [6.07, 6.45) is 1.97. The van der Waals surface area contributed by atoms with Crippen molar-refractivity contribution in [1.29, 1.82) is 0 Å². The Labute approximate surface area is 77.8 Å². The fraction of sp³-hybridized carbons (Fsp3) is 0.300. The summed E-state index contributed by atoms with van der Waals surface area (Å²) in [4.78, 5) is 15.2. The molecule has 0 saturated heterocycles. The van der Waals surface area contributed by atoms with Crippen LogP contribution < -0.4 is 0 Å². The molecule has 3 heteroatoms. The molecule has 0 spiro atoms. The lowest BCUT2D eigenvalue weighted by atomic mass is 10.3. The van der Waals surface area contributed by atoms with Crippen LogP contribution in [-0.2, 0) is 4.74 Å². The Morgan fingerprint density at radius 2 is 2.46 bits per heavy atom. The molecule has 0 N–H and O–H groups in total. The van der Waals surface area contributed by atoms with E-state index in [4.69, 9.17) is 4.74 Å². The Morgan fingerprint density at radius 1 is 1.69 bits per heavy atom. The number of carbonyl (C=O) groups excluding carboxylic acids is 1. The highest BCUT2D eigenvalue weighted by atomic mass is 16.5. The highest BCUT2D eigenvalue weighted by Gasteiger charge is 2.10. The zero-order valence-electron chi connectivity index (χ0n) is 7.56. The summed E-state index contributed by atoms with van der Waals surface area (Å²) >= 11 is 0.